The third kappa shape index (κ3) is 2.56. The first-order valence-corrected chi connectivity index (χ1v) is 5.66. The van der Waals surface area contributed by atoms with Gasteiger partial charge in [-0.1, -0.05) is 26.0 Å². The number of alkyl halides is 2. The summed E-state index contributed by atoms with van der Waals surface area (Å²) in [6.45, 7) is 4.19. The van der Waals surface area contributed by atoms with Crippen molar-refractivity contribution in [3.05, 3.63) is 35.1 Å². The quantitative estimate of drug-likeness (QED) is 0.902. The van der Waals surface area contributed by atoms with Crippen LogP contribution in [0.15, 0.2) is 18.2 Å². The molecule has 100 valence electrons. The molecule has 0 aliphatic heterocycles. The van der Waals surface area contributed by atoms with Crippen molar-refractivity contribution < 1.29 is 18.0 Å². The lowest BCUT2D eigenvalue weighted by atomic mass is 9.94. The van der Waals surface area contributed by atoms with E-state index in [4.69, 9.17) is 5.73 Å². The second-order valence-corrected chi connectivity index (χ2v) is 4.59. The maximum atomic E-state index is 13.9. The standard InChI is InChI=1S/C13H16F3NO/c1-7(2)12(18)13(15,16)10-6-4-5-9(8(3)17)11(10)14/h4-8H,17H2,1-3H3/t8-/m1/s1. The van der Waals surface area contributed by atoms with Gasteiger partial charge in [0.15, 0.2) is 0 Å². The molecule has 1 rings (SSSR count). The Bertz CT molecular complexity index is 456. The molecule has 0 saturated carbocycles. The molecule has 0 aliphatic carbocycles. The Labute approximate surface area is 104 Å². The lowest BCUT2D eigenvalue weighted by Gasteiger charge is -2.20. The predicted octanol–water partition coefficient (Wildman–Crippen LogP) is 3.16. The van der Waals surface area contributed by atoms with E-state index in [-0.39, 0.29) is 5.56 Å². The van der Waals surface area contributed by atoms with E-state index in [9.17, 15) is 18.0 Å². The number of halogens is 3. The summed E-state index contributed by atoms with van der Waals surface area (Å²) in [5.41, 5.74) is 4.56. The molecule has 0 radical (unpaired) electrons. The zero-order valence-electron chi connectivity index (χ0n) is 10.5. The molecule has 1 aromatic rings. The normalized spacial score (nSPS) is 13.8. The van der Waals surface area contributed by atoms with Crippen LogP contribution in [0.25, 0.3) is 0 Å². The van der Waals surface area contributed by atoms with Gasteiger partial charge in [0, 0.05) is 17.5 Å². The van der Waals surface area contributed by atoms with Gasteiger partial charge in [-0.3, -0.25) is 4.79 Å². The molecule has 5 heteroatoms. The molecule has 0 unspecified atom stereocenters. The molecule has 0 amide bonds. The Morgan fingerprint density at radius 1 is 1.28 bits per heavy atom. The topological polar surface area (TPSA) is 43.1 Å². The highest BCUT2D eigenvalue weighted by atomic mass is 19.3. The molecule has 0 saturated heterocycles. The van der Waals surface area contributed by atoms with Gasteiger partial charge >= 0.3 is 5.92 Å². The Hall–Kier alpha value is -1.36. The summed E-state index contributed by atoms with van der Waals surface area (Å²) in [5, 5.41) is 0. The molecule has 2 N–H and O–H groups in total. The predicted molar refractivity (Wildman–Crippen MR) is 62.7 cm³/mol. The fourth-order valence-corrected chi connectivity index (χ4v) is 1.64. The molecular weight excluding hydrogens is 243 g/mol. The van der Waals surface area contributed by atoms with Crippen molar-refractivity contribution in [1.82, 2.24) is 0 Å². The number of hydrogen-bond acceptors (Lipinski definition) is 2. The average Bonchev–Trinajstić information content (AvgIpc) is 2.27. The average molecular weight is 259 g/mol. The second-order valence-electron chi connectivity index (χ2n) is 4.59. The molecular formula is C13H16F3NO. The Morgan fingerprint density at radius 2 is 1.83 bits per heavy atom. The first kappa shape index (κ1) is 14.7. The lowest BCUT2D eigenvalue weighted by Crippen LogP contribution is -2.31. The number of rotatable bonds is 4. The minimum Gasteiger partial charge on any atom is -0.324 e. The van der Waals surface area contributed by atoms with Crippen LogP contribution in [0.3, 0.4) is 0 Å². The molecule has 0 spiro atoms. The Kier molecular flexibility index (Phi) is 4.16. The van der Waals surface area contributed by atoms with Gasteiger partial charge in [-0.15, -0.1) is 0 Å². The highest BCUT2D eigenvalue weighted by Gasteiger charge is 2.44. The van der Waals surface area contributed by atoms with Crippen LogP contribution in [0.1, 0.15) is 37.9 Å². The Balaban J connectivity index is 3.33. The second kappa shape index (κ2) is 5.10. The fourth-order valence-electron chi connectivity index (χ4n) is 1.64. The van der Waals surface area contributed by atoms with E-state index in [0.717, 1.165) is 6.07 Å². The van der Waals surface area contributed by atoms with Crippen LogP contribution >= 0.6 is 0 Å². The van der Waals surface area contributed by atoms with E-state index in [1.54, 1.807) is 0 Å². The number of carbonyl (C=O) groups excluding carboxylic acids is 1. The van der Waals surface area contributed by atoms with E-state index in [2.05, 4.69) is 0 Å². The number of hydrogen-bond donors (Lipinski definition) is 1. The monoisotopic (exact) mass is 259 g/mol. The lowest BCUT2D eigenvalue weighted by molar-refractivity contribution is -0.148. The van der Waals surface area contributed by atoms with E-state index in [0.29, 0.717) is 0 Å². The molecule has 0 heterocycles. The molecule has 0 bridgehead atoms. The smallest absolute Gasteiger partial charge is 0.324 e. The Morgan fingerprint density at radius 3 is 2.28 bits per heavy atom. The molecule has 1 atom stereocenters. The van der Waals surface area contributed by atoms with Gasteiger partial charge < -0.3 is 5.73 Å². The van der Waals surface area contributed by atoms with Gasteiger partial charge in [-0.05, 0) is 13.0 Å². The molecule has 2 nitrogen and oxygen atoms in total. The van der Waals surface area contributed by atoms with Crippen LogP contribution in [0, 0.1) is 11.7 Å². The summed E-state index contributed by atoms with van der Waals surface area (Å²) in [6, 6.07) is 2.81. The highest BCUT2D eigenvalue weighted by Crippen LogP contribution is 2.35. The third-order valence-electron chi connectivity index (χ3n) is 2.69. The van der Waals surface area contributed by atoms with Gasteiger partial charge in [0.25, 0.3) is 0 Å². The van der Waals surface area contributed by atoms with Gasteiger partial charge in [0.2, 0.25) is 5.78 Å². The summed E-state index contributed by atoms with van der Waals surface area (Å²) in [4.78, 5) is 11.5. The highest BCUT2D eigenvalue weighted by molar-refractivity contribution is 5.88. The van der Waals surface area contributed by atoms with Gasteiger partial charge in [0.1, 0.15) is 5.82 Å². The van der Waals surface area contributed by atoms with Crippen molar-refractivity contribution in [2.45, 2.75) is 32.7 Å². The first-order chi connectivity index (χ1) is 8.19. The van der Waals surface area contributed by atoms with Crippen molar-refractivity contribution >= 4 is 5.78 Å². The van der Waals surface area contributed by atoms with Gasteiger partial charge in [-0.25, -0.2) is 4.39 Å². The van der Waals surface area contributed by atoms with Crippen molar-refractivity contribution in [2.24, 2.45) is 11.7 Å². The van der Waals surface area contributed by atoms with Crippen LogP contribution in [-0.4, -0.2) is 5.78 Å². The van der Waals surface area contributed by atoms with E-state index < -0.39 is 35.0 Å². The van der Waals surface area contributed by atoms with Crippen LogP contribution < -0.4 is 5.73 Å². The number of benzene rings is 1. The van der Waals surface area contributed by atoms with E-state index in [1.165, 1.54) is 32.9 Å². The number of Topliss-reactive ketones (excluding diaryl/α,β-unsaturated/α-hetero) is 1. The van der Waals surface area contributed by atoms with Gasteiger partial charge in [0.05, 0.1) is 5.56 Å². The summed E-state index contributed by atoms with van der Waals surface area (Å²) in [5.74, 6) is -7.11. The summed E-state index contributed by atoms with van der Waals surface area (Å²) in [6.07, 6.45) is 0. The van der Waals surface area contributed by atoms with Crippen LogP contribution in [0.5, 0.6) is 0 Å². The number of carbonyl (C=O) groups is 1. The first-order valence-electron chi connectivity index (χ1n) is 5.66. The van der Waals surface area contributed by atoms with E-state index >= 15 is 0 Å². The summed E-state index contributed by atoms with van der Waals surface area (Å²) >= 11 is 0. The maximum absolute atomic E-state index is 13.9. The SMILES string of the molecule is CC(C)C(=O)C(F)(F)c1cccc([C@@H](C)N)c1F. The largest absolute Gasteiger partial charge is 0.333 e. The van der Waals surface area contributed by atoms with Crippen LogP contribution in [0.4, 0.5) is 13.2 Å². The van der Waals surface area contributed by atoms with Crippen molar-refractivity contribution in [3.63, 3.8) is 0 Å². The minimum atomic E-state index is -3.83. The molecule has 0 aliphatic rings. The van der Waals surface area contributed by atoms with Gasteiger partial charge in [-0.2, -0.15) is 8.78 Å². The fraction of sp³-hybridized carbons (Fsp3) is 0.462. The molecule has 1 aromatic carbocycles. The zero-order valence-corrected chi connectivity index (χ0v) is 10.5. The summed E-state index contributed by atoms with van der Waals surface area (Å²) in [7, 11) is 0. The summed E-state index contributed by atoms with van der Waals surface area (Å²) < 4.78 is 41.7. The number of nitrogens with two attached hydrogens (primary N) is 1. The third-order valence-corrected chi connectivity index (χ3v) is 2.69. The minimum absolute atomic E-state index is 0.0243. The van der Waals surface area contributed by atoms with Crippen LogP contribution in [0.2, 0.25) is 0 Å². The molecule has 0 fully saturated rings. The zero-order chi connectivity index (χ0) is 14.1. The number of ketones is 1. The van der Waals surface area contributed by atoms with Crippen molar-refractivity contribution in [2.75, 3.05) is 0 Å². The van der Waals surface area contributed by atoms with Crippen molar-refractivity contribution in [3.8, 4) is 0 Å². The molecule has 18 heavy (non-hydrogen) atoms. The maximum Gasteiger partial charge on any atom is 0.333 e. The van der Waals surface area contributed by atoms with Crippen LogP contribution in [-0.2, 0) is 10.7 Å². The molecule has 0 aromatic heterocycles. The van der Waals surface area contributed by atoms with E-state index in [1.807, 2.05) is 0 Å². The van der Waals surface area contributed by atoms with Crippen molar-refractivity contribution in [1.29, 1.82) is 0 Å².